The van der Waals surface area contributed by atoms with E-state index in [9.17, 15) is 4.39 Å². The largest absolute Gasteiger partial charge is 0.265 e. The van der Waals surface area contributed by atoms with E-state index in [1.54, 1.807) is 12.4 Å². The molecule has 0 amide bonds. The van der Waals surface area contributed by atoms with E-state index in [1.807, 2.05) is 18.2 Å². The van der Waals surface area contributed by atoms with Gasteiger partial charge < -0.3 is 0 Å². The van der Waals surface area contributed by atoms with Gasteiger partial charge in [-0.15, -0.1) is 0 Å². The van der Waals surface area contributed by atoms with Crippen molar-refractivity contribution in [2.45, 2.75) is 0 Å². The molecule has 0 saturated carbocycles. The highest BCUT2D eigenvalue weighted by atomic mass is 19.1. The third kappa shape index (κ3) is 4.41. The molecule has 2 radical (unpaired) electrons. The van der Waals surface area contributed by atoms with Gasteiger partial charge in [0, 0.05) is 12.4 Å². The molecule has 0 aliphatic heterocycles. The normalized spacial score (nSPS) is 8.64. The number of benzene rings is 1. The SMILES string of the molecule is [B]c1ccc(F)cc1.c1ccncc1. The molecule has 3 heteroatoms. The van der Waals surface area contributed by atoms with Gasteiger partial charge in [-0.05, 0) is 24.3 Å². The van der Waals surface area contributed by atoms with Crippen molar-refractivity contribution in [2.24, 2.45) is 0 Å². The molecule has 0 atom stereocenters. The lowest BCUT2D eigenvalue weighted by Crippen LogP contribution is -1.98. The van der Waals surface area contributed by atoms with Crippen LogP contribution in [0.15, 0.2) is 54.9 Å². The lowest BCUT2D eigenvalue weighted by molar-refractivity contribution is 0.628. The summed E-state index contributed by atoms with van der Waals surface area (Å²) in [6.45, 7) is 0. The second kappa shape index (κ2) is 5.92. The molecule has 1 heterocycles. The van der Waals surface area contributed by atoms with Crippen molar-refractivity contribution in [1.82, 2.24) is 4.98 Å². The standard InChI is InChI=1S/C6H4BF.C5H5N/c7-5-1-3-6(8)4-2-5;1-2-4-6-5-3-1/h1-4H;1-5H. The monoisotopic (exact) mass is 185 g/mol. The number of rotatable bonds is 0. The van der Waals surface area contributed by atoms with Crippen LogP contribution in [0, 0.1) is 5.82 Å². The molecule has 2 rings (SSSR count). The van der Waals surface area contributed by atoms with E-state index in [-0.39, 0.29) is 5.82 Å². The van der Waals surface area contributed by atoms with Crippen LogP contribution in [-0.2, 0) is 0 Å². The summed E-state index contributed by atoms with van der Waals surface area (Å²) in [5.74, 6) is -0.251. The average Bonchev–Trinajstić information content (AvgIpc) is 2.26. The van der Waals surface area contributed by atoms with Gasteiger partial charge >= 0.3 is 0 Å². The van der Waals surface area contributed by atoms with Gasteiger partial charge in [0.15, 0.2) is 0 Å². The van der Waals surface area contributed by atoms with Crippen LogP contribution >= 0.6 is 0 Å². The quantitative estimate of drug-likeness (QED) is 0.569. The Morgan fingerprint density at radius 3 is 1.79 bits per heavy atom. The molecule has 0 unspecified atom stereocenters. The molecule has 0 N–H and O–H groups in total. The molecule has 1 aromatic carbocycles. The van der Waals surface area contributed by atoms with E-state index in [4.69, 9.17) is 7.85 Å². The molecule has 0 aliphatic rings. The lowest BCUT2D eigenvalue weighted by atomic mass is 9.97. The summed E-state index contributed by atoms with van der Waals surface area (Å²) in [6, 6.07) is 11.4. The number of hydrogen-bond acceptors (Lipinski definition) is 1. The third-order valence-electron chi connectivity index (χ3n) is 1.44. The first-order valence-electron chi connectivity index (χ1n) is 4.15. The Bertz CT molecular complexity index is 300. The van der Waals surface area contributed by atoms with Crippen LogP contribution in [0.4, 0.5) is 4.39 Å². The Hall–Kier alpha value is -1.64. The van der Waals surface area contributed by atoms with Crippen molar-refractivity contribution in [3.63, 3.8) is 0 Å². The van der Waals surface area contributed by atoms with Crippen molar-refractivity contribution >= 4 is 13.3 Å². The van der Waals surface area contributed by atoms with Crippen LogP contribution in [0.2, 0.25) is 0 Å². The summed E-state index contributed by atoms with van der Waals surface area (Å²) < 4.78 is 12.0. The highest BCUT2D eigenvalue weighted by Crippen LogP contribution is 1.89. The summed E-state index contributed by atoms with van der Waals surface area (Å²) in [5, 5.41) is 0. The zero-order valence-corrected chi connectivity index (χ0v) is 7.60. The Morgan fingerprint density at radius 2 is 1.50 bits per heavy atom. The first-order chi connectivity index (χ1) is 6.79. The number of nitrogens with zero attached hydrogens (tertiary/aromatic N) is 1. The fourth-order valence-corrected chi connectivity index (χ4v) is 0.775. The topological polar surface area (TPSA) is 12.9 Å². The molecule has 68 valence electrons. The predicted molar refractivity (Wildman–Crippen MR) is 56.0 cm³/mol. The van der Waals surface area contributed by atoms with Gasteiger partial charge in [0.25, 0.3) is 0 Å². The van der Waals surface area contributed by atoms with E-state index >= 15 is 0 Å². The molecule has 0 aliphatic carbocycles. The fraction of sp³-hybridized carbons (Fsp3) is 0. The second-order valence-corrected chi connectivity index (χ2v) is 2.58. The number of aromatic nitrogens is 1. The van der Waals surface area contributed by atoms with E-state index in [0.717, 1.165) is 0 Å². The van der Waals surface area contributed by atoms with Crippen molar-refractivity contribution in [3.8, 4) is 0 Å². The fourth-order valence-electron chi connectivity index (χ4n) is 0.775. The molecule has 14 heavy (non-hydrogen) atoms. The van der Waals surface area contributed by atoms with Gasteiger partial charge in [0.1, 0.15) is 13.7 Å². The van der Waals surface area contributed by atoms with Crippen LogP contribution < -0.4 is 5.46 Å². The molecule has 0 spiro atoms. The van der Waals surface area contributed by atoms with Crippen LogP contribution in [0.5, 0.6) is 0 Å². The highest BCUT2D eigenvalue weighted by molar-refractivity contribution is 6.32. The number of pyridine rings is 1. The minimum atomic E-state index is -0.251. The molecule has 0 bridgehead atoms. The summed E-state index contributed by atoms with van der Waals surface area (Å²) in [4.78, 5) is 3.78. The maximum absolute atomic E-state index is 12.0. The molecular formula is C11H9BFN. The van der Waals surface area contributed by atoms with Crippen LogP contribution in [-0.4, -0.2) is 12.8 Å². The van der Waals surface area contributed by atoms with Crippen LogP contribution in [0.1, 0.15) is 0 Å². The minimum absolute atomic E-state index is 0.251. The molecular weight excluding hydrogens is 176 g/mol. The zero-order valence-electron chi connectivity index (χ0n) is 7.60. The average molecular weight is 185 g/mol. The van der Waals surface area contributed by atoms with Gasteiger partial charge in [-0.25, -0.2) is 4.39 Å². The highest BCUT2D eigenvalue weighted by Gasteiger charge is 1.83. The Balaban J connectivity index is 0.000000146. The van der Waals surface area contributed by atoms with Crippen molar-refractivity contribution in [3.05, 3.63) is 60.7 Å². The third-order valence-corrected chi connectivity index (χ3v) is 1.44. The molecule has 2 aromatic rings. The van der Waals surface area contributed by atoms with E-state index in [0.29, 0.717) is 5.46 Å². The molecule has 0 saturated heterocycles. The Morgan fingerprint density at radius 1 is 0.929 bits per heavy atom. The van der Waals surface area contributed by atoms with Crippen LogP contribution in [0.3, 0.4) is 0 Å². The van der Waals surface area contributed by atoms with Gasteiger partial charge in [-0.3, -0.25) is 4.98 Å². The molecule has 1 nitrogen and oxygen atoms in total. The second-order valence-electron chi connectivity index (χ2n) is 2.58. The molecule has 1 aromatic heterocycles. The van der Waals surface area contributed by atoms with Crippen molar-refractivity contribution in [1.29, 1.82) is 0 Å². The van der Waals surface area contributed by atoms with Gasteiger partial charge in [-0.1, -0.05) is 23.7 Å². The van der Waals surface area contributed by atoms with Crippen molar-refractivity contribution in [2.75, 3.05) is 0 Å². The maximum Gasteiger partial charge on any atom is 0.123 e. The number of halogens is 1. The molecule has 0 fully saturated rings. The number of hydrogen-bond donors (Lipinski definition) is 0. The first kappa shape index (κ1) is 10.4. The van der Waals surface area contributed by atoms with E-state index in [2.05, 4.69) is 4.98 Å². The smallest absolute Gasteiger partial charge is 0.123 e. The van der Waals surface area contributed by atoms with E-state index in [1.165, 1.54) is 24.3 Å². The maximum atomic E-state index is 12.0. The van der Waals surface area contributed by atoms with Gasteiger partial charge in [0.2, 0.25) is 0 Å². The summed E-state index contributed by atoms with van der Waals surface area (Å²) >= 11 is 0. The Labute approximate surface area is 84.0 Å². The Kier molecular flexibility index (Phi) is 4.41. The lowest BCUT2D eigenvalue weighted by Gasteiger charge is -1.87. The van der Waals surface area contributed by atoms with Crippen LogP contribution in [0.25, 0.3) is 0 Å². The van der Waals surface area contributed by atoms with Crippen molar-refractivity contribution < 1.29 is 4.39 Å². The summed E-state index contributed by atoms with van der Waals surface area (Å²) in [7, 11) is 5.26. The minimum Gasteiger partial charge on any atom is -0.265 e. The summed E-state index contributed by atoms with van der Waals surface area (Å²) in [5.41, 5.74) is 0.589. The van der Waals surface area contributed by atoms with E-state index < -0.39 is 0 Å². The van der Waals surface area contributed by atoms with Gasteiger partial charge in [0.05, 0.1) is 0 Å². The van der Waals surface area contributed by atoms with Gasteiger partial charge in [-0.2, -0.15) is 0 Å². The zero-order chi connectivity index (χ0) is 10.2. The summed E-state index contributed by atoms with van der Waals surface area (Å²) in [6.07, 6.45) is 3.50. The predicted octanol–water partition coefficient (Wildman–Crippen LogP) is 1.70. The first-order valence-corrected chi connectivity index (χ1v) is 4.15.